The monoisotopic (exact) mass is 237 g/mol. The van der Waals surface area contributed by atoms with Gasteiger partial charge in [-0.3, -0.25) is 0 Å². The zero-order valence-electron chi connectivity index (χ0n) is 9.67. The molecule has 1 aliphatic heterocycles. The molecule has 0 spiro atoms. The first-order chi connectivity index (χ1) is 8.15. The Morgan fingerprint density at radius 1 is 1.41 bits per heavy atom. The van der Waals surface area contributed by atoms with Crippen LogP contribution in [-0.4, -0.2) is 45.5 Å². The molecule has 0 saturated carbocycles. The lowest BCUT2D eigenvalue weighted by Gasteiger charge is -2.29. The minimum Gasteiger partial charge on any atom is -0.473 e. The lowest BCUT2D eigenvalue weighted by Crippen LogP contribution is -2.41. The Hall–Kier alpha value is -1.85. The van der Waals surface area contributed by atoms with E-state index < -0.39 is 6.09 Å². The van der Waals surface area contributed by atoms with Gasteiger partial charge in [-0.1, -0.05) is 0 Å². The average Bonchev–Trinajstić information content (AvgIpc) is 2.33. The number of carboxylic acid groups (broad SMARTS) is 1. The van der Waals surface area contributed by atoms with Crippen molar-refractivity contribution in [3.8, 4) is 5.88 Å². The van der Waals surface area contributed by atoms with E-state index in [0.29, 0.717) is 31.8 Å². The molecule has 6 heteroatoms. The zero-order valence-corrected chi connectivity index (χ0v) is 9.67. The molecular weight excluding hydrogens is 222 g/mol. The molecule has 92 valence electrons. The van der Waals surface area contributed by atoms with Crippen molar-refractivity contribution in [2.24, 2.45) is 0 Å². The molecule has 17 heavy (non-hydrogen) atoms. The van der Waals surface area contributed by atoms with E-state index in [-0.39, 0.29) is 6.10 Å². The summed E-state index contributed by atoms with van der Waals surface area (Å²) in [6, 6.07) is 3.63. The summed E-state index contributed by atoms with van der Waals surface area (Å²) >= 11 is 0. The number of rotatable bonds is 2. The maximum Gasteiger partial charge on any atom is 0.407 e. The molecule has 0 unspecified atom stereocenters. The van der Waals surface area contributed by atoms with Crippen LogP contribution in [0.5, 0.6) is 5.88 Å². The van der Waals surface area contributed by atoms with Crippen LogP contribution < -0.4 is 4.74 Å². The number of amides is 1. The van der Waals surface area contributed by atoms with E-state index in [1.807, 2.05) is 13.0 Å². The summed E-state index contributed by atoms with van der Waals surface area (Å²) < 4.78 is 5.65. The Morgan fingerprint density at radius 2 is 2.12 bits per heavy atom. The van der Waals surface area contributed by atoms with Crippen molar-refractivity contribution >= 4 is 6.09 Å². The molecule has 0 aromatic carbocycles. The first kappa shape index (κ1) is 11.6. The largest absolute Gasteiger partial charge is 0.473 e. The molecule has 1 amide bonds. The maximum absolute atomic E-state index is 10.7. The smallest absolute Gasteiger partial charge is 0.407 e. The molecule has 1 fully saturated rings. The normalized spacial score (nSPS) is 16.9. The number of ether oxygens (including phenoxy) is 1. The van der Waals surface area contributed by atoms with Gasteiger partial charge in [-0.2, -0.15) is 5.10 Å². The van der Waals surface area contributed by atoms with Crippen LogP contribution in [0.4, 0.5) is 4.79 Å². The number of aromatic nitrogens is 2. The highest BCUT2D eigenvalue weighted by atomic mass is 16.5. The van der Waals surface area contributed by atoms with Crippen molar-refractivity contribution in [1.29, 1.82) is 0 Å². The standard InChI is InChI=1S/C11H15N3O3/c1-8-2-3-10(13-12-8)17-9-4-6-14(7-5-9)11(15)16/h2-3,9H,4-7H2,1H3,(H,15,16). The molecule has 1 saturated heterocycles. The third-order valence-corrected chi connectivity index (χ3v) is 2.77. The van der Waals surface area contributed by atoms with Gasteiger partial charge in [-0.05, 0) is 13.0 Å². The summed E-state index contributed by atoms with van der Waals surface area (Å²) in [5.74, 6) is 0.504. The Kier molecular flexibility index (Phi) is 3.41. The summed E-state index contributed by atoms with van der Waals surface area (Å²) in [5.41, 5.74) is 0.845. The van der Waals surface area contributed by atoms with Gasteiger partial charge in [-0.15, -0.1) is 5.10 Å². The second kappa shape index (κ2) is 4.99. The molecule has 0 atom stereocenters. The number of aryl methyl sites for hydroxylation is 1. The van der Waals surface area contributed by atoms with E-state index >= 15 is 0 Å². The zero-order chi connectivity index (χ0) is 12.3. The lowest BCUT2D eigenvalue weighted by atomic mass is 10.1. The molecule has 2 rings (SSSR count). The summed E-state index contributed by atoms with van der Waals surface area (Å²) in [5, 5.41) is 16.6. The van der Waals surface area contributed by atoms with Gasteiger partial charge < -0.3 is 14.7 Å². The topological polar surface area (TPSA) is 75.5 Å². The van der Waals surface area contributed by atoms with Crippen LogP contribution in [0.25, 0.3) is 0 Å². The second-order valence-corrected chi connectivity index (χ2v) is 4.10. The van der Waals surface area contributed by atoms with Gasteiger partial charge in [-0.25, -0.2) is 4.79 Å². The van der Waals surface area contributed by atoms with Crippen molar-refractivity contribution < 1.29 is 14.6 Å². The highest BCUT2D eigenvalue weighted by Gasteiger charge is 2.23. The summed E-state index contributed by atoms with van der Waals surface area (Å²) in [6.07, 6.45) is 0.560. The van der Waals surface area contributed by atoms with Crippen molar-refractivity contribution in [3.05, 3.63) is 17.8 Å². The van der Waals surface area contributed by atoms with Crippen LogP contribution in [0.1, 0.15) is 18.5 Å². The highest BCUT2D eigenvalue weighted by molar-refractivity contribution is 5.65. The van der Waals surface area contributed by atoms with Crippen molar-refractivity contribution in [2.45, 2.75) is 25.9 Å². The Labute approximate surface area is 99.2 Å². The van der Waals surface area contributed by atoms with Gasteiger partial charge >= 0.3 is 6.09 Å². The molecule has 1 aliphatic rings. The number of hydrogen-bond acceptors (Lipinski definition) is 4. The number of hydrogen-bond donors (Lipinski definition) is 1. The summed E-state index contributed by atoms with van der Waals surface area (Å²) in [6.45, 7) is 2.89. The number of piperidine rings is 1. The van der Waals surface area contributed by atoms with E-state index in [0.717, 1.165) is 5.69 Å². The van der Waals surface area contributed by atoms with Gasteiger partial charge in [0.15, 0.2) is 0 Å². The molecule has 1 aromatic heterocycles. The molecule has 6 nitrogen and oxygen atoms in total. The molecule has 1 aromatic rings. The van der Waals surface area contributed by atoms with Crippen LogP contribution >= 0.6 is 0 Å². The number of carbonyl (C=O) groups is 1. The molecule has 2 heterocycles. The van der Waals surface area contributed by atoms with Gasteiger partial charge in [0.25, 0.3) is 0 Å². The number of likely N-dealkylation sites (tertiary alicyclic amines) is 1. The molecule has 0 bridgehead atoms. The third kappa shape index (κ3) is 3.05. The van der Waals surface area contributed by atoms with Crippen LogP contribution in [0.15, 0.2) is 12.1 Å². The third-order valence-electron chi connectivity index (χ3n) is 2.77. The van der Waals surface area contributed by atoms with Crippen molar-refractivity contribution in [1.82, 2.24) is 15.1 Å². The Balaban J connectivity index is 1.85. The SMILES string of the molecule is Cc1ccc(OC2CCN(C(=O)O)CC2)nn1. The highest BCUT2D eigenvalue weighted by Crippen LogP contribution is 2.16. The maximum atomic E-state index is 10.7. The molecular formula is C11H15N3O3. The minimum atomic E-state index is -0.862. The van der Waals surface area contributed by atoms with Crippen LogP contribution in [0.2, 0.25) is 0 Å². The van der Waals surface area contributed by atoms with Gasteiger partial charge in [0.1, 0.15) is 6.10 Å². The van der Waals surface area contributed by atoms with E-state index in [9.17, 15) is 4.79 Å². The lowest BCUT2D eigenvalue weighted by molar-refractivity contribution is 0.0865. The fraction of sp³-hybridized carbons (Fsp3) is 0.545. The van der Waals surface area contributed by atoms with Crippen molar-refractivity contribution in [3.63, 3.8) is 0 Å². The van der Waals surface area contributed by atoms with E-state index in [1.54, 1.807) is 6.07 Å². The van der Waals surface area contributed by atoms with Gasteiger partial charge in [0.05, 0.1) is 5.69 Å². The fourth-order valence-electron chi connectivity index (χ4n) is 1.79. The average molecular weight is 237 g/mol. The quantitative estimate of drug-likeness (QED) is 0.839. The van der Waals surface area contributed by atoms with Crippen LogP contribution in [0.3, 0.4) is 0 Å². The predicted molar refractivity (Wildman–Crippen MR) is 60.0 cm³/mol. The summed E-state index contributed by atoms with van der Waals surface area (Å²) in [4.78, 5) is 12.1. The second-order valence-electron chi connectivity index (χ2n) is 4.10. The van der Waals surface area contributed by atoms with E-state index in [2.05, 4.69) is 10.2 Å². The van der Waals surface area contributed by atoms with Gasteiger partial charge in [0.2, 0.25) is 5.88 Å². The predicted octanol–water partition coefficient (Wildman–Crippen LogP) is 1.31. The van der Waals surface area contributed by atoms with Crippen LogP contribution in [0, 0.1) is 6.92 Å². The minimum absolute atomic E-state index is 0.0302. The fourth-order valence-corrected chi connectivity index (χ4v) is 1.79. The van der Waals surface area contributed by atoms with Crippen molar-refractivity contribution in [2.75, 3.05) is 13.1 Å². The Morgan fingerprint density at radius 3 is 2.65 bits per heavy atom. The molecule has 0 radical (unpaired) electrons. The summed E-state index contributed by atoms with van der Waals surface area (Å²) in [7, 11) is 0. The molecule has 1 N–H and O–H groups in total. The van der Waals surface area contributed by atoms with Gasteiger partial charge in [0, 0.05) is 32.0 Å². The first-order valence-corrected chi connectivity index (χ1v) is 5.60. The number of nitrogens with zero attached hydrogens (tertiary/aromatic N) is 3. The first-order valence-electron chi connectivity index (χ1n) is 5.60. The Bertz CT molecular complexity index is 385. The van der Waals surface area contributed by atoms with Crippen LogP contribution in [-0.2, 0) is 0 Å². The van der Waals surface area contributed by atoms with E-state index in [1.165, 1.54) is 4.90 Å². The van der Waals surface area contributed by atoms with E-state index in [4.69, 9.17) is 9.84 Å². The molecule has 0 aliphatic carbocycles.